The van der Waals surface area contributed by atoms with Gasteiger partial charge in [-0.25, -0.2) is 9.97 Å². The molecule has 1 aromatic carbocycles. The van der Waals surface area contributed by atoms with Crippen LogP contribution >= 0.6 is 0 Å². The number of benzene rings is 1. The first-order valence-corrected chi connectivity index (χ1v) is 6.84. The number of rotatable bonds is 4. The number of halogens is 3. The monoisotopic (exact) mass is 324 g/mol. The highest BCUT2D eigenvalue weighted by Crippen LogP contribution is 2.30. The molecule has 1 aromatic heterocycles. The molecule has 1 N–H and O–H groups in total. The molecule has 0 saturated heterocycles. The van der Waals surface area contributed by atoms with E-state index < -0.39 is 17.8 Å². The summed E-state index contributed by atoms with van der Waals surface area (Å²) in [6.45, 7) is 5.01. The Balaban J connectivity index is 2.27. The lowest BCUT2D eigenvalue weighted by Gasteiger charge is -2.13. The van der Waals surface area contributed by atoms with Gasteiger partial charge in [0.25, 0.3) is 0 Å². The van der Waals surface area contributed by atoms with Crippen LogP contribution < -0.4 is 5.32 Å². The quantitative estimate of drug-likeness (QED) is 0.829. The number of hydrogen-bond acceptors (Lipinski definition) is 5. The molecule has 0 radical (unpaired) electrons. The summed E-state index contributed by atoms with van der Waals surface area (Å²) in [5.74, 6) is 0.420. The van der Waals surface area contributed by atoms with Crippen molar-refractivity contribution >= 4 is 11.5 Å². The van der Waals surface area contributed by atoms with Crippen LogP contribution in [-0.2, 0) is 6.18 Å². The predicted molar refractivity (Wildman–Crippen MR) is 80.4 cm³/mol. The molecule has 2 aromatic rings. The van der Waals surface area contributed by atoms with Crippen molar-refractivity contribution in [3.63, 3.8) is 0 Å². The fourth-order valence-corrected chi connectivity index (χ4v) is 2.06. The largest absolute Gasteiger partial charge is 0.416 e. The molecule has 0 amide bonds. The average molecular weight is 324 g/mol. The molecule has 5 nitrogen and oxygen atoms in total. The topological polar surface area (TPSA) is 67.2 Å². The third kappa shape index (κ3) is 3.82. The highest BCUT2D eigenvalue weighted by molar-refractivity contribution is 5.58. The summed E-state index contributed by atoms with van der Waals surface area (Å²) in [5.41, 5.74) is 1.29. The third-order valence-electron chi connectivity index (χ3n) is 3.31. The molecule has 122 valence electrons. The number of aryl methyl sites for hydroxylation is 2. The molecule has 0 spiro atoms. The van der Waals surface area contributed by atoms with Crippen molar-refractivity contribution in [2.24, 2.45) is 5.18 Å². The summed E-state index contributed by atoms with van der Waals surface area (Å²) in [5, 5.41) is 5.85. The number of nitroso groups, excluding NO2 is 1. The maximum Gasteiger partial charge on any atom is 0.416 e. The fourth-order valence-electron chi connectivity index (χ4n) is 2.06. The zero-order valence-corrected chi connectivity index (χ0v) is 12.8. The number of nitrogens with one attached hydrogen (secondary N) is 1. The van der Waals surface area contributed by atoms with Gasteiger partial charge in [-0.1, -0.05) is 5.18 Å². The van der Waals surface area contributed by atoms with Crippen molar-refractivity contribution in [2.75, 3.05) is 5.32 Å². The summed E-state index contributed by atoms with van der Waals surface area (Å²) >= 11 is 0. The lowest BCUT2D eigenvalue weighted by Crippen LogP contribution is -2.07. The standard InChI is InChI=1S/C15H15F3N4O/c1-8-13(9(2)22-23)19-10(3)14(20-8)21-12-6-4-11(5-7-12)15(16,17)18/h4-7,9H,1-3H3,(H,20,21). The van der Waals surface area contributed by atoms with Crippen LogP contribution in [0.4, 0.5) is 24.7 Å². The van der Waals surface area contributed by atoms with Gasteiger partial charge in [0, 0.05) is 5.69 Å². The normalized spacial score (nSPS) is 12.8. The van der Waals surface area contributed by atoms with Crippen molar-refractivity contribution < 1.29 is 13.2 Å². The average Bonchev–Trinajstić information content (AvgIpc) is 2.49. The lowest BCUT2D eigenvalue weighted by molar-refractivity contribution is -0.137. The van der Waals surface area contributed by atoms with Gasteiger partial charge in [0.2, 0.25) is 0 Å². The van der Waals surface area contributed by atoms with Crippen LogP contribution in [0.2, 0.25) is 0 Å². The molecule has 0 fully saturated rings. The summed E-state index contributed by atoms with van der Waals surface area (Å²) in [7, 11) is 0. The van der Waals surface area contributed by atoms with Crippen molar-refractivity contribution in [3.05, 3.63) is 51.8 Å². The van der Waals surface area contributed by atoms with Crippen LogP contribution in [-0.4, -0.2) is 9.97 Å². The van der Waals surface area contributed by atoms with Crippen molar-refractivity contribution in [3.8, 4) is 0 Å². The first-order chi connectivity index (χ1) is 10.7. The van der Waals surface area contributed by atoms with E-state index in [4.69, 9.17) is 0 Å². The second-order valence-corrected chi connectivity index (χ2v) is 5.11. The number of anilines is 2. The van der Waals surface area contributed by atoms with E-state index in [9.17, 15) is 18.1 Å². The molecule has 0 bridgehead atoms. The molecule has 8 heteroatoms. The number of nitrogens with zero attached hydrogens (tertiary/aromatic N) is 3. The Hall–Kier alpha value is -2.51. The number of alkyl halides is 3. The zero-order valence-electron chi connectivity index (χ0n) is 12.8. The van der Waals surface area contributed by atoms with Gasteiger partial charge < -0.3 is 5.32 Å². The molecule has 2 rings (SSSR count). The van der Waals surface area contributed by atoms with Gasteiger partial charge in [0.05, 0.1) is 22.6 Å². The number of hydrogen-bond donors (Lipinski definition) is 1. The first kappa shape index (κ1) is 16.9. The highest BCUT2D eigenvalue weighted by atomic mass is 19.4. The van der Waals surface area contributed by atoms with E-state index in [0.717, 1.165) is 12.1 Å². The Morgan fingerprint density at radius 2 is 1.70 bits per heavy atom. The summed E-state index contributed by atoms with van der Waals surface area (Å²) < 4.78 is 37.6. The van der Waals surface area contributed by atoms with E-state index >= 15 is 0 Å². The summed E-state index contributed by atoms with van der Waals surface area (Å²) in [4.78, 5) is 19.2. The van der Waals surface area contributed by atoms with Crippen LogP contribution in [0.5, 0.6) is 0 Å². The Labute approximate surface area is 130 Å². The van der Waals surface area contributed by atoms with Gasteiger partial charge in [-0.3, -0.25) is 0 Å². The van der Waals surface area contributed by atoms with E-state index in [1.165, 1.54) is 12.1 Å². The second-order valence-electron chi connectivity index (χ2n) is 5.11. The minimum Gasteiger partial charge on any atom is -0.339 e. The van der Waals surface area contributed by atoms with Crippen molar-refractivity contribution in [1.29, 1.82) is 0 Å². The molecule has 0 saturated carbocycles. The van der Waals surface area contributed by atoms with Gasteiger partial charge in [-0.05, 0) is 45.0 Å². The highest BCUT2D eigenvalue weighted by Gasteiger charge is 2.30. The molecular formula is C15H15F3N4O. The Morgan fingerprint density at radius 3 is 2.22 bits per heavy atom. The molecule has 0 aliphatic rings. The Kier molecular flexibility index (Phi) is 4.63. The fraction of sp³-hybridized carbons (Fsp3) is 0.333. The van der Waals surface area contributed by atoms with Crippen molar-refractivity contribution in [1.82, 2.24) is 9.97 Å². The predicted octanol–water partition coefficient (Wildman–Crippen LogP) is 4.68. The van der Waals surface area contributed by atoms with Crippen molar-refractivity contribution in [2.45, 2.75) is 33.0 Å². The van der Waals surface area contributed by atoms with Gasteiger partial charge in [0.1, 0.15) is 6.04 Å². The molecule has 0 aliphatic carbocycles. The van der Waals surface area contributed by atoms with Crippen LogP contribution in [0.25, 0.3) is 0 Å². The van der Waals surface area contributed by atoms with E-state index in [1.807, 2.05) is 0 Å². The van der Waals surface area contributed by atoms with Gasteiger partial charge in [0.15, 0.2) is 5.82 Å². The zero-order chi connectivity index (χ0) is 17.2. The molecule has 1 unspecified atom stereocenters. The molecule has 0 aliphatic heterocycles. The third-order valence-corrected chi connectivity index (χ3v) is 3.31. The maximum atomic E-state index is 12.5. The van der Waals surface area contributed by atoms with Crippen LogP contribution in [0.1, 0.15) is 35.6 Å². The maximum absolute atomic E-state index is 12.5. The minimum absolute atomic E-state index is 0.420. The Bertz CT molecular complexity index is 714. The SMILES string of the molecule is Cc1nc(C(C)N=O)c(C)nc1Nc1ccc(C(F)(F)F)cc1. The minimum atomic E-state index is -4.37. The molecule has 1 atom stereocenters. The van der Waals surface area contributed by atoms with E-state index in [1.54, 1.807) is 20.8 Å². The smallest absolute Gasteiger partial charge is 0.339 e. The van der Waals surface area contributed by atoms with E-state index in [2.05, 4.69) is 20.5 Å². The molecule has 1 heterocycles. The second kappa shape index (κ2) is 6.31. The molecular weight excluding hydrogens is 309 g/mol. The summed E-state index contributed by atoms with van der Waals surface area (Å²) in [6, 6.07) is 4.02. The van der Waals surface area contributed by atoms with Gasteiger partial charge in [-0.2, -0.15) is 18.1 Å². The summed E-state index contributed by atoms with van der Waals surface area (Å²) in [6.07, 6.45) is -4.37. The first-order valence-electron chi connectivity index (χ1n) is 6.84. The van der Waals surface area contributed by atoms with E-state index in [0.29, 0.717) is 28.6 Å². The van der Waals surface area contributed by atoms with Gasteiger partial charge >= 0.3 is 6.18 Å². The van der Waals surface area contributed by atoms with Crippen LogP contribution in [0.3, 0.4) is 0 Å². The van der Waals surface area contributed by atoms with Crippen LogP contribution in [0.15, 0.2) is 29.4 Å². The molecule has 23 heavy (non-hydrogen) atoms. The van der Waals surface area contributed by atoms with Crippen LogP contribution in [0, 0.1) is 18.8 Å². The van der Waals surface area contributed by atoms with Gasteiger partial charge in [-0.15, -0.1) is 0 Å². The van der Waals surface area contributed by atoms with E-state index in [-0.39, 0.29) is 0 Å². The number of aromatic nitrogens is 2. The Morgan fingerprint density at radius 1 is 1.09 bits per heavy atom. The lowest BCUT2D eigenvalue weighted by atomic mass is 10.2.